The molecule has 0 N–H and O–H groups in total. The number of hydrogen-bond acceptors (Lipinski definition) is 1. The van der Waals surface area contributed by atoms with E-state index in [4.69, 9.17) is 0 Å². The van der Waals surface area contributed by atoms with Crippen molar-refractivity contribution >= 4 is 40.2 Å². The molecule has 2 heterocycles. The zero-order valence-corrected chi connectivity index (χ0v) is 24.3. The lowest BCUT2D eigenvalue weighted by Crippen LogP contribution is -2.64. The molecular weight excluding hydrogens is 457 g/mol. The van der Waals surface area contributed by atoms with Crippen molar-refractivity contribution in [3.05, 3.63) is 107 Å². The number of nitrogens with zero attached hydrogens (tertiary/aromatic N) is 1. The highest BCUT2D eigenvalue weighted by Gasteiger charge is 2.47. The van der Waals surface area contributed by atoms with Gasteiger partial charge in [-0.1, -0.05) is 115 Å². The summed E-state index contributed by atoms with van der Waals surface area (Å²) in [5.41, 5.74) is 15.5. The van der Waals surface area contributed by atoms with E-state index < -0.39 is 0 Å². The minimum Gasteiger partial charge on any atom is -0.312 e. The quantitative estimate of drug-likeness (QED) is 0.228. The fourth-order valence-electron chi connectivity index (χ4n) is 7.01. The lowest BCUT2D eigenvalue weighted by molar-refractivity contribution is 0.628. The summed E-state index contributed by atoms with van der Waals surface area (Å²) in [4.78, 5) is 2.53. The predicted octanol–water partition coefficient (Wildman–Crippen LogP) is 8.00. The first-order valence-corrected chi connectivity index (χ1v) is 14.4. The molecule has 0 amide bonds. The Morgan fingerprint density at radius 1 is 0.632 bits per heavy atom. The molecule has 0 fully saturated rings. The summed E-state index contributed by atoms with van der Waals surface area (Å²) < 4.78 is 0. The van der Waals surface area contributed by atoms with Crippen LogP contribution in [0.25, 0.3) is 0 Å². The lowest BCUT2D eigenvalue weighted by atomic mass is 9.29. The second kappa shape index (κ2) is 8.90. The molecule has 0 atom stereocenters. The zero-order chi connectivity index (χ0) is 26.9. The standard InChI is InChI=1S/C36H40BN/c1-22(2)25-13-16-27(17-14-25)38-32-19-15-26(23(3)4)21-31(32)37-30-12-10-9-11-29(30)36(7,8)34-28(24(5)6)18-20-33(38)35(34)37/h9-24H,1-8H3. The van der Waals surface area contributed by atoms with E-state index in [-0.39, 0.29) is 12.1 Å². The van der Waals surface area contributed by atoms with Gasteiger partial charge in [-0.05, 0) is 80.8 Å². The minimum absolute atomic E-state index is 0.0711. The van der Waals surface area contributed by atoms with E-state index in [0.29, 0.717) is 17.8 Å². The van der Waals surface area contributed by atoms with Crippen LogP contribution < -0.4 is 21.3 Å². The van der Waals surface area contributed by atoms with E-state index in [0.717, 1.165) is 0 Å². The van der Waals surface area contributed by atoms with E-state index in [1.165, 1.54) is 61.3 Å². The zero-order valence-electron chi connectivity index (χ0n) is 24.3. The maximum absolute atomic E-state index is 2.53. The Hall–Kier alpha value is -3.26. The summed E-state index contributed by atoms with van der Waals surface area (Å²) in [5, 5.41) is 0. The number of rotatable bonds is 4. The molecule has 0 aromatic heterocycles. The molecule has 0 saturated carbocycles. The average molecular weight is 498 g/mol. The molecule has 0 radical (unpaired) electrons. The SMILES string of the molecule is CC(C)c1ccc(N2c3ccc(C(C)C)cc3B3c4ccccc4C(C)(C)c4c(C(C)C)ccc2c43)cc1. The van der Waals surface area contributed by atoms with E-state index in [1.54, 1.807) is 0 Å². The van der Waals surface area contributed by atoms with Crippen LogP contribution in [-0.2, 0) is 5.41 Å². The van der Waals surface area contributed by atoms with Gasteiger partial charge < -0.3 is 4.90 Å². The van der Waals surface area contributed by atoms with Gasteiger partial charge in [-0.25, -0.2) is 0 Å². The van der Waals surface area contributed by atoms with Crippen LogP contribution >= 0.6 is 0 Å². The largest absolute Gasteiger partial charge is 0.312 e. The minimum atomic E-state index is -0.0711. The average Bonchev–Trinajstić information content (AvgIpc) is 2.90. The Labute approximate surface area is 230 Å². The van der Waals surface area contributed by atoms with Gasteiger partial charge in [-0.2, -0.15) is 0 Å². The lowest BCUT2D eigenvalue weighted by Gasteiger charge is -2.47. The second-order valence-electron chi connectivity index (χ2n) is 12.8. The summed E-state index contributed by atoms with van der Waals surface area (Å²) in [7, 11) is 0. The number of anilines is 3. The molecule has 0 bridgehead atoms. The summed E-state index contributed by atoms with van der Waals surface area (Å²) in [6.45, 7) is 19.0. The molecule has 0 spiro atoms. The predicted molar refractivity (Wildman–Crippen MR) is 167 cm³/mol. The van der Waals surface area contributed by atoms with Gasteiger partial charge in [0.2, 0.25) is 6.71 Å². The van der Waals surface area contributed by atoms with Crippen molar-refractivity contribution in [3.63, 3.8) is 0 Å². The Balaban J connectivity index is 1.72. The molecular formula is C36H40BN. The molecule has 2 aliphatic heterocycles. The highest BCUT2D eigenvalue weighted by atomic mass is 15.1. The topological polar surface area (TPSA) is 3.24 Å². The van der Waals surface area contributed by atoms with Crippen molar-refractivity contribution in [1.82, 2.24) is 0 Å². The van der Waals surface area contributed by atoms with E-state index in [1.807, 2.05) is 0 Å². The Morgan fingerprint density at radius 3 is 1.92 bits per heavy atom. The third kappa shape index (κ3) is 3.60. The highest BCUT2D eigenvalue weighted by Crippen LogP contribution is 2.45. The third-order valence-corrected chi connectivity index (χ3v) is 9.06. The number of hydrogen-bond donors (Lipinski definition) is 0. The molecule has 0 aliphatic carbocycles. The smallest absolute Gasteiger partial charge is 0.247 e. The third-order valence-electron chi connectivity index (χ3n) is 9.06. The summed E-state index contributed by atoms with van der Waals surface area (Å²) in [6, 6.07) is 30.5. The summed E-state index contributed by atoms with van der Waals surface area (Å²) >= 11 is 0. The molecule has 4 aromatic carbocycles. The second-order valence-corrected chi connectivity index (χ2v) is 12.8. The summed E-state index contributed by atoms with van der Waals surface area (Å²) in [6.07, 6.45) is 0. The maximum Gasteiger partial charge on any atom is 0.247 e. The molecule has 4 aromatic rings. The first kappa shape index (κ1) is 25.0. The van der Waals surface area contributed by atoms with Gasteiger partial charge in [0, 0.05) is 22.5 Å². The van der Waals surface area contributed by atoms with Crippen LogP contribution in [-0.4, -0.2) is 6.71 Å². The fraction of sp³-hybridized carbons (Fsp3) is 0.333. The first-order valence-electron chi connectivity index (χ1n) is 14.4. The molecule has 192 valence electrons. The monoisotopic (exact) mass is 497 g/mol. The summed E-state index contributed by atoms with van der Waals surface area (Å²) in [5.74, 6) is 1.46. The Morgan fingerprint density at radius 2 is 1.26 bits per heavy atom. The van der Waals surface area contributed by atoms with Gasteiger partial charge in [0.25, 0.3) is 0 Å². The van der Waals surface area contributed by atoms with Gasteiger partial charge in [0.15, 0.2) is 0 Å². The molecule has 0 saturated heterocycles. The molecule has 38 heavy (non-hydrogen) atoms. The fourth-order valence-corrected chi connectivity index (χ4v) is 7.01. The maximum atomic E-state index is 2.53. The number of benzene rings is 4. The van der Waals surface area contributed by atoms with Crippen LogP contribution in [0.1, 0.15) is 101 Å². The van der Waals surface area contributed by atoms with Crippen molar-refractivity contribution in [1.29, 1.82) is 0 Å². The normalized spacial score (nSPS) is 15.1. The van der Waals surface area contributed by atoms with Crippen LogP contribution in [0.2, 0.25) is 0 Å². The van der Waals surface area contributed by atoms with Crippen molar-refractivity contribution in [2.24, 2.45) is 0 Å². The first-order chi connectivity index (χ1) is 18.1. The van der Waals surface area contributed by atoms with Crippen LogP contribution in [0.4, 0.5) is 17.1 Å². The van der Waals surface area contributed by atoms with Crippen LogP contribution in [0.3, 0.4) is 0 Å². The van der Waals surface area contributed by atoms with E-state index in [2.05, 4.69) is 139 Å². The van der Waals surface area contributed by atoms with Crippen LogP contribution in [0.5, 0.6) is 0 Å². The van der Waals surface area contributed by atoms with Crippen molar-refractivity contribution in [2.45, 2.75) is 78.6 Å². The molecule has 1 nitrogen and oxygen atoms in total. The molecule has 2 heteroatoms. The number of fused-ring (bicyclic) bond motifs is 4. The van der Waals surface area contributed by atoms with Crippen molar-refractivity contribution in [2.75, 3.05) is 4.90 Å². The van der Waals surface area contributed by atoms with Gasteiger partial charge in [-0.3, -0.25) is 0 Å². The van der Waals surface area contributed by atoms with Gasteiger partial charge in [0.1, 0.15) is 0 Å². The Kier molecular flexibility index (Phi) is 5.87. The van der Waals surface area contributed by atoms with Crippen LogP contribution in [0, 0.1) is 0 Å². The van der Waals surface area contributed by atoms with E-state index in [9.17, 15) is 0 Å². The van der Waals surface area contributed by atoms with Crippen molar-refractivity contribution in [3.8, 4) is 0 Å². The van der Waals surface area contributed by atoms with Gasteiger partial charge in [0.05, 0.1) is 0 Å². The van der Waals surface area contributed by atoms with Gasteiger partial charge >= 0.3 is 0 Å². The molecule has 0 unspecified atom stereocenters. The van der Waals surface area contributed by atoms with E-state index >= 15 is 0 Å². The molecule has 2 aliphatic rings. The van der Waals surface area contributed by atoms with Crippen LogP contribution in [0.15, 0.2) is 78.9 Å². The van der Waals surface area contributed by atoms with Crippen molar-refractivity contribution < 1.29 is 0 Å². The molecule has 6 rings (SSSR count). The Bertz CT molecular complexity index is 1520. The highest BCUT2D eigenvalue weighted by molar-refractivity contribution is 6.99. The van der Waals surface area contributed by atoms with Gasteiger partial charge in [-0.15, -0.1) is 0 Å².